The number of piperidine rings is 1. The van der Waals surface area contributed by atoms with Crippen LogP contribution in [0.2, 0.25) is 0 Å². The van der Waals surface area contributed by atoms with Crippen LogP contribution < -0.4 is 4.74 Å². The van der Waals surface area contributed by atoms with Crippen LogP contribution in [-0.4, -0.2) is 35.7 Å². The minimum Gasteiger partial charge on any atom is -0.493 e. The summed E-state index contributed by atoms with van der Waals surface area (Å²) in [6.45, 7) is 7.33. The van der Waals surface area contributed by atoms with Crippen LogP contribution in [-0.2, 0) is 11.3 Å². The second-order valence-electron chi connectivity index (χ2n) is 6.88. The van der Waals surface area contributed by atoms with E-state index in [1.807, 2.05) is 12.1 Å². The van der Waals surface area contributed by atoms with E-state index < -0.39 is 5.97 Å². The summed E-state index contributed by atoms with van der Waals surface area (Å²) in [5.41, 5.74) is 1.12. The average Bonchev–Trinajstić information content (AvgIpc) is 2.52. The van der Waals surface area contributed by atoms with Gasteiger partial charge in [-0.3, -0.25) is 9.69 Å². The molecule has 0 aliphatic carbocycles. The zero-order chi connectivity index (χ0) is 17.5. The summed E-state index contributed by atoms with van der Waals surface area (Å²) < 4.78 is 7.00. The van der Waals surface area contributed by atoms with Crippen LogP contribution in [0.3, 0.4) is 0 Å². The van der Waals surface area contributed by atoms with Gasteiger partial charge in [-0.05, 0) is 37.0 Å². The molecular weight excluding hydrogens is 370 g/mol. The Morgan fingerprint density at radius 1 is 1.38 bits per heavy atom. The van der Waals surface area contributed by atoms with E-state index in [1.54, 1.807) is 0 Å². The molecule has 0 saturated carbocycles. The fourth-order valence-corrected chi connectivity index (χ4v) is 3.77. The molecule has 1 N–H and O–H groups in total. The number of aliphatic carboxylic acids is 1. The molecule has 5 heteroatoms. The van der Waals surface area contributed by atoms with Gasteiger partial charge in [-0.15, -0.1) is 0 Å². The Morgan fingerprint density at radius 2 is 2.17 bits per heavy atom. The quantitative estimate of drug-likeness (QED) is 0.653. The van der Waals surface area contributed by atoms with E-state index in [2.05, 4.69) is 40.7 Å². The second kappa shape index (κ2) is 9.42. The van der Waals surface area contributed by atoms with Gasteiger partial charge in [-0.25, -0.2) is 0 Å². The molecule has 4 nitrogen and oxygen atoms in total. The molecule has 0 aromatic heterocycles. The van der Waals surface area contributed by atoms with Gasteiger partial charge in [0.1, 0.15) is 5.75 Å². The van der Waals surface area contributed by atoms with Crippen LogP contribution in [0.25, 0.3) is 0 Å². The summed E-state index contributed by atoms with van der Waals surface area (Å²) >= 11 is 3.53. The Kier molecular flexibility index (Phi) is 7.56. The molecule has 0 spiro atoms. The van der Waals surface area contributed by atoms with Gasteiger partial charge in [0.05, 0.1) is 12.5 Å². The fourth-order valence-electron chi connectivity index (χ4n) is 3.36. The Hall–Kier alpha value is -1.07. The van der Waals surface area contributed by atoms with Crippen LogP contribution in [0, 0.1) is 11.8 Å². The van der Waals surface area contributed by atoms with Gasteiger partial charge in [0.25, 0.3) is 0 Å². The van der Waals surface area contributed by atoms with Crippen molar-refractivity contribution in [3.05, 3.63) is 28.2 Å². The summed E-state index contributed by atoms with van der Waals surface area (Å²) in [6, 6.07) is 6.09. The number of likely N-dealkylation sites (tertiary alicyclic amines) is 1. The number of nitrogens with zero attached hydrogens (tertiary/aromatic N) is 1. The molecule has 2 atom stereocenters. The van der Waals surface area contributed by atoms with Gasteiger partial charge >= 0.3 is 5.97 Å². The monoisotopic (exact) mass is 397 g/mol. The molecule has 2 unspecified atom stereocenters. The number of hydrogen-bond acceptors (Lipinski definition) is 3. The van der Waals surface area contributed by atoms with E-state index in [0.29, 0.717) is 12.5 Å². The molecule has 134 valence electrons. The van der Waals surface area contributed by atoms with E-state index in [9.17, 15) is 9.90 Å². The van der Waals surface area contributed by atoms with Crippen LogP contribution in [0.4, 0.5) is 0 Å². The summed E-state index contributed by atoms with van der Waals surface area (Å²) in [7, 11) is 0. The number of unbranched alkanes of at least 4 members (excludes halogenated alkanes) is 2. The van der Waals surface area contributed by atoms with Crippen molar-refractivity contribution in [3.63, 3.8) is 0 Å². The number of ether oxygens (including phenoxy) is 1. The first kappa shape index (κ1) is 19.3. The molecule has 0 amide bonds. The largest absolute Gasteiger partial charge is 0.493 e. The first-order valence-electron chi connectivity index (χ1n) is 8.86. The molecule has 1 heterocycles. The van der Waals surface area contributed by atoms with Gasteiger partial charge in [0.15, 0.2) is 0 Å². The number of rotatable bonds is 8. The van der Waals surface area contributed by atoms with Gasteiger partial charge < -0.3 is 9.84 Å². The molecule has 1 saturated heterocycles. The standard InChI is InChI=1S/C19H28BrNO3/c1-3-4-5-8-24-18-7-6-17(20)10-15(18)12-21-11-14(2)9-16(13-21)19(22)23/h6-7,10,14,16H,3-5,8-9,11-13H2,1-2H3,(H,22,23). The lowest BCUT2D eigenvalue weighted by atomic mass is 9.90. The van der Waals surface area contributed by atoms with Crippen LogP contribution in [0.5, 0.6) is 5.75 Å². The molecule has 24 heavy (non-hydrogen) atoms. The topological polar surface area (TPSA) is 49.8 Å². The first-order chi connectivity index (χ1) is 11.5. The number of carbonyl (C=O) groups is 1. The second-order valence-corrected chi connectivity index (χ2v) is 7.79. The highest BCUT2D eigenvalue weighted by Crippen LogP contribution is 2.28. The lowest BCUT2D eigenvalue weighted by molar-refractivity contribution is -0.144. The molecule has 1 fully saturated rings. The number of benzene rings is 1. The van der Waals surface area contributed by atoms with E-state index >= 15 is 0 Å². The zero-order valence-corrected chi connectivity index (χ0v) is 16.2. The zero-order valence-electron chi connectivity index (χ0n) is 14.6. The van der Waals surface area contributed by atoms with Crippen LogP contribution >= 0.6 is 15.9 Å². The summed E-state index contributed by atoms with van der Waals surface area (Å²) in [5, 5.41) is 9.35. The maximum absolute atomic E-state index is 11.4. The number of halogens is 1. The van der Waals surface area contributed by atoms with Gasteiger partial charge in [0, 0.05) is 29.7 Å². The SMILES string of the molecule is CCCCCOc1ccc(Br)cc1CN1CC(C)CC(C(=O)O)C1. The van der Waals surface area contributed by atoms with Crippen molar-refractivity contribution in [1.82, 2.24) is 4.90 Å². The number of carboxylic acid groups (broad SMARTS) is 1. The third kappa shape index (κ3) is 5.78. The van der Waals surface area contributed by atoms with E-state index in [-0.39, 0.29) is 5.92 Å². The predicted octanol–water partition coefficient (Wildman–Crippen LogP) is 4.56. The highest BCUT2D eigenvalue weighted by Gasteiger charge is 2.29. The Balaban J connectivity index is 2.04. The van der Waals surface area contributed by atoms with Crippen molar-refractivity contribution >= 4 is 21.9 Å². The average molecular weight is 398 g/mol. The van der Waals surface area contributed by atoms with Crippen molar-refractivity contribution in [2.24, 2.45) is 11.8 Å². The normalized spacial score (nSPS) is 21.6. The van der Waals surface area contributed by atoms with Crippen LogP contribution in [0.15, 0.2) is 22.7 Å². The molecule has 0 bridgehead atoms. The lowest BCUT2D eigenvalue weighted by Crippen LogP contribution is -2.42. The third-order valence-corrected chi connectivity index (χ3v) is 5.00. The Labute approximate surface area is 153 Å². The van der Waals surface area contributed by atoms with E-state index in [4.69, 9.17) is 4.74 Å². The van der Waals surface area contributed by atoms with Crippen LogP contribution in [0.1, 0.15) is 45.1 Å². The molecular formula is C19H28BrNO3. The summed E-state index contributed by atoms with van der Waals surface area (Å²) in [4.78, 5) is 13.6. The summed E-state index contributed by atoms with van der Waals surface area (Å²) in [6.07, 6.45) is 4.19. The first-order valence-corrected chi connectivity index (χ1v) is 9.65. The summed E-state index contributed by atoms with van der Waals surface area (Å²) in [5.74, 6) is 0.368. The Morgan fingerprint density at radius 3 is 2.88 bits per heavy atom. The van der Waals surface area contributed by atoms with Crippen molar-refractivity contribution in [1.29, 1.82) is 0 Å². The van der Waals surface area contributed by atoms with E-state index in [1.165, 1.54) is 12.8 Å². The highest BCUT2D eigenvalue weighted by molar-refractivity contribution is 9.10. The van der Waals surface area contributed by atoms with Crippen molar-refractivity contribution < 1.29 is 14.6 Å². The minimum absolute atomic E-state index is 0.269. The Bertz CT molecular complexity index is 549. The van der Waals surface area contributed by atoms with Gasteiger partial charge in [0.2, 0.25) is 0 Å². The molecule has 1 aromatic rings. The molecule has 1 aromatic carbocycles. The van der Waals surface area contributed by atoms with E-state index in [0.717, 1.165) is 48.3 Å². The number of carboxylic acids is 1. The van der Waals surface area contributed by atoms with Crippen molar-refractivity contribution in [2.75, 3.05) is 19.7 Å². The van der Waals surface area contributed by atoms with Crippen molar-refractivity contribution in [3.8, 4) is 5.75 Å². The predicted molar refractivity (Wildman–Crippen MR) is 99.3 cm³/mol. The molecule has 0 radical (unpaired) electrons. The molecule has 2 rings (SSSR count). The maximum atomic E-state index is 11.4. The third-order valence-electron chi connectivity index (χ3n) is 4.51. The maximum Gasteiger partial charge on any atom is 0.307 e. The van der Waals surface area contributed by atoms with Gasteiger partial charge in [-0.1, -0.05) is 42.6 Å². The lowest BCUT2D eigenvalue weighted by Gasteiger charge is -2.35. The minimum atomic E-state index is -0.683. The fraction of sp³-hybridized carbons (Fsp3) is 0.632. The number of hydrogen-bond donors (Lipinski definition) is 1. The highest BCUT2D eigenvalue weighted by atomic mass is 79.9. The molecule has 1 aliphatic heterocycles. The molecule has 1 aliphatic rings. The van der Waals surface area contributed by atoms with Gasteiger partial charge in [-0.2, -0.15) is 0 Å². The van der Waals surface area contributed by atoms with Crippen molar-refractivity contribution in [2.45, 2.75) is 46.1 Å². The smallest absolute Gasteiger partial charge is 0.307 e.